The second-order valence-corrected chi connectivity index (χ2v) is 2.18. The number of hydrogen-bond donors (Lipinski definition) is 2. The molecule has 1 rings (SSSR count). The average molecular weight is 163 g/mol. The summed E-state index contributed by atoms with van der Waals surface area (Å²) >= 11 is 0. The molecule has 1 radical (unpaired) electrons. The first kappa shape index (κ1) is 8.89. The van der Waals surface area contributed by atoms with Gasteiger partial charge in [0.2, 0.25) is 0 Å². The van der Waals surface area contributed by atoms with Gasteiger partial charge in [-0.05, 0) is 0 Å². The molecule has 0 aromatic carbocycles. The monoisotopic (exact) mass is 163 g/mol. The minimum Gasteiger partial charge on any atom is -0.384 e. The smallest absolute Gasteiger partial charge is 0.195 e. The number of hydrogen-bond acceptors (Lipinski definition) is 5. The Kier molecular flexibility index (Phi) is 2.80. The van der Waals surface area contributed by atoms with Gasteiger partial charge in [0.05, 0.1) is 0 Å². The van der Waals surface area contributed by atoms with Crippen molar-refractivity contribution < 1.29 is 24.4 Å². The van der Waals surface area contributed by atoms with E-state index in [0.717, 1.165) is 0 Å². The Morgan fingerprint density at radius 3 is 2.27 bits per heavy atom. The van der Waals surface area contributed by atoms with Crippen molar-refractivity contribution in [2.24, 2.45) is 0 Å². The fourth-order valence-corrected chi connectivity index (χ4v) is 0.906. The second-order valence-electron chi connectivity index (χ2n) is 2.18. The van der Waals surface area contributed by atoms with Crippen LogP contribution in [-0.2, 0) is 14.2 Å². The summed E-state index contributed by atoms with van der Waals surface area (Å²) in [5.41, 5.74) is 0. The van der Waals surface area contributed by atoms with E-state index in [4.69, 9.17) is 19.7 Å². The summed E-state index contributed by atoms with van der Waals surface area (Å²) in [6.45, 7) is 0. The largest absolute Gasteiger partial charge is 0.384 e. The van der Waals surface area contributed by atoms with E-state index < -0.39 is 18.7 Å². The average Bonchev–Trinajstić information content (AvgIpc) is 2.30. The maximum atomic E-state index is 9.14. The zero-order valence-electron chi connectivity index (χ0n) is 6.35. The Morgan fingerprint density at radius 2 is 2.00 bits per heavy atom. The highest BCUT2D eigenvalue weighted by Crippen LogP contribution is 2.27. The highest BCUT2D eigenvalue weighted by molar-refractivity contribution is 4.97. The molecule has 1 aliphatic heterocycles. The van der Waals surface area contributed by atoms with Crippen LogP contribution in [-0.4, -0.2) is 43.1 Å². The molecule has 5 nitrogen and oxygen atoms in total. The maximum Gasteiger partial charge on any atom is 0.195 e. The summed E-state index contributed by atoms with van der Waals surface area (Å²) in [4.78, 5) is 0. The molecule has 1 heterocycles. The molecule has 11 heavy (non-hydrogen) atoms. The van der Waals surface area contributed by atoms with Crippen LogP contribution in [0.1, 0.15) is 0 Å². The quantitative estimate of drug-likeness (QED) is 0.559. The Hall–Kier alpha value is -0.200. The van der Waals surface area contributed by atoms with E-state index in [1.807, 2.05) is 0 Å². The number of rotatable bonds is 2. The van der Waals surface area contributed by atoms with E-state index in [-0.39, 0.29) is 6.10 Å². The van der Waals surface area contributed by atoms with Crippen LogP contribution in [0.5, 0.6) is 0 Å². The topological polar surface area (TPSA) is 68.2 Å². The van der Waals surface area contributed by atoms with Gasteiger partial charge in [0, 0.05) is 14.2 Å². The standard InChI is InChI=1S/C6H11O5/c1-9-5-3(7)4(8)6(10-2)11-5/h3,5-8H,1-2H3. The lowest BCUT2D eigenvalue weighted by atomic mass is 10.2. The lowest BCUT2D eigenvalue weighted by molar-refractivity contribution is -0.200. The summed E-state index contributed by atoms with van der Waals surface area (Å²) in [6.07, 6.45) is -3.08. The molecule has 1 fully saturated rings. The Balaban J connectivity index is 2.53. The van der Waals surface area contributed by atoms with E-state index in [1.165, 1.54) is 14.2 Å². The fourth-order valence-electron chi connectivity index (χ4n) is 0.906. The SMILES string of the molecule is COC1OC(OC)C(O)[C]1O. The predicted molar refractivity (Wildman–Crippen MR) is 33.9 cm³/mol. The first-order chi connectivity index (χ1) is 5.20. The first-order valence-electron chi connectivity index (χ1n) is 3.15. The highest BCUT2D eigenvalue weighted by atomic mass is 16.8. The molecule has 5 heteroatoms. The Bertz CT molecular complexity index is 110. The summed E-state index contributed by atoms with van der Waals surface area (Å²) in [5.74, 6) is 0. The van der Waals surface area contributed by atoms with Crippen molar-refractivity contribution in [3.8, 4) is 0 Å². The van der Waals surface area contributed by atoms with Gasteiger partial charge in [0.1, 0.15) is 6.10 Å². The van der Waals surface area contributed by atoms with Crippen LogP contribution in [0.15, 0.2) is 0 Å². The Morgan fingerprint density at radius 1 is 1.36 bits per heavy atom. The molecule has 0 spiro atoms. The molecule has 1 saturated heterocycles. The molecule has 0 bridgehead atoms. The van der Waals surface area contributed by atoms with Gasteiger partial charge < -0.3 is 24.4 Å². The van der Waals surface area contributed by atoms with Crippen LogP contribution in [0, 0.1) is 6.10 Å². The lowest BCUT2D eigenvalue weighted by Gasteiger charge is -2.10. The molecule has 2 N–H and O–H groups in total. The van der Waals surface area contributed by atoms with Gasteiger partial charge >= 0.3 is 0 Å². The lowest BCUT2D eigenvalue weighted by Crippen LogP contribution is -2.27. The third-order valence-corrected chi connectivity index (χ3v) is 1.51. The molecule has 0 saturated carbocycles. The van der Waals surface area contributed by atoms with Crippen LogP contribution >= 0.6 is 0 Å². The minimum absolute atomic E-state index is 0.251. The van der Waals surface area contributed by atoms with Gasteiger partial charge in [-0.3, -0.25) is 0 Å². The summed E-state index contributed by atoms with van der Waals surface area (Å²) in [5, 5.41) is 18.2. The first-order valence-corrected chi connectivity index (χ1v) is 3.15. The molecule has 0 aliphatic carbocycles. The molecule has 65 valence electrons. The second kappa shape index (κ2) is 3.46. The molecule has 0 aromatic heterocycles. The number of aliphatic hydroxyl groups is 2. The van der Waals surface area contributed by atoms with Crippen molar-refractivity contribution >= 4 is 0 Å². The van der Waals surface area contributed by atoms with Gasteiger partial charge in [0.15, 0.2) is 18.7 Å². The molecule has 1 aliphatic rings. The molecule has 3 atom stereocenters. The van der Waals surface area contributed by atoms with Crippen LogP contribution in [0.2, 0.25) is 0 Å². The van der Waals surface area contributed by atoms with Gasteiger partial charge in [-0.1, -0.05) is 0 Å². The fraction of sp³-hybridized carbons (Fsp3) is 0.833. The van der Waals surface area contributed by atoms with Gasteiger partial charge in [-0.25, -0.2) is 0 Å². The van der Waals surface area contributed by atoms with E-state index >= 15 is 0 Å². The maximum absolute atomic E-state index is 9.14. The molecule has 3 unspecified atom stereocenters. The Labute approximate surface area is 64.5 Å². The normalized spacial score (nSPS) is 39.8. The summed E-state index contributed by atoms with van der Waals surface area (Å²) in [7, 11) is 2.74. The van der Waals surface area contributed by atoms with Crippen molar-refractivity contribution in [2.45, 2.75) is 18.7 Å². The number of methoxy groups -OCH3 is 2. The molecule has 0 aromatic rings. The minimum atomic E-state index is -1.12. The molecule has 0 amide bonds. The van der Waals surface area contributed by atoms with E-state index in [1.54, 1.807) is 0 Å². The molecular weight excluding hydrogens is 152 g/mol. The van der Waals surface area contributed by atoms with E-state index in [2.05, 4.69) is 4.74 Å². The predicted octanol–water partition coefficient (Wildman–Crippen LogP) is -0.773. The number of aliphatic hydroxyl groups excluding tert-OH is 2. The van der Waals surface area contributed by atoms with Crippen molar-refractivity contribution in [3.63, 3.8) is 0 Å². The van der Waals surface area contributed by atoms with Crippen molar-refractivity contribution in [1.82, 2.24) is 0 Å². The zero-order chi connectivity index (χ0) is 8.43. The van der Waals surface area contributed by atoms with Crippen molar-refractivity contribution in [1.29, 1.82) is 0 Å². The van der Waals surface area contributed by atoms with Crippen LogP contribution in [0.4, 0.5) is 0 Å². The summed E-state index contributed by atoms with van der Waals surface area (Å²) in [6, 6.07) is 0. The van der Waals surface area contributed by atoms with Gasteiger partial charge in [0.25, 0.3) is 0 Å². The van der Waals surface area contributed by atoms with Crippen molar-refractivity contribution in [3.05, 3.63) is 6.10 Å². The molecular formula is C6H11O5. The zero-order valence-corrected chi connectivity index (χ0v) is 6.35. The van der Waals surface area contributed by atoms with Gasteiger partial charge in [-0.15, -0.1) is 0 Å². The van der Waals surface area contributed by atoms with Gasteiger partial charge in [-0.2, -0.15) is 0 Å². The van der Waals surface area contributed by atoms with E-state index in [9.17, 15) is 0 Å². The van der Waals surface area contributed by atoms with Crippen molar-refractivity contribution in [2.75, 3.05) is 14.2 Å². The van der Waals surface area contributed by atoms with E-state index in [0.29, 0.717) is 0 Å². The third-order valence-electron chi connectivity index (χ3n) is 1.51. The van der Waals surface area contributed by atoms with Crippen LogP contribution < -0.4 is 0 Å². The van der Waals surface area contributed by atoms with Crippen LogP contribution in [0.3, 0.4) is 0 Å². The van der Waals surface area contributed by atoms with Crippen LogP contribution in [0.25, 0.3) is 0 Å². The third kappa shape index (κ3) is 1.52. The highest BCUT2D eigenvalue weighted by Gasteiger charge is 2.44. The number of ether oxygens (including phenoxy) is 3. The summed E-state index contributed by atoms with van der Waals surface area (Å²) < 4.78 is 14.3.